The van der Waals surface area contributed by atoms with Crippen LogP contribution in [0.25, 0.3) is 0 Å². The zero-order valence-electron chi connectivity index (χ0n) is 15.2. The van der Waals surface area contributed by atoms with E-state index in [0.717, 1.165) is 5.46 Å². The Balaban J connectivity index is 1.58. The Morgan fingerprint density at radius 1 is 1.24 bits per heavy atom. The molecule has 1 amide bonds. The molecule has 0 aromatic carbocycles. The second-order valence-corrected chi connectivity index (χ2v) is 7.60. The van der Waals surface area contributed by atoms with E-state index in [2.05, 4.69) is 4.98 Å². The van der Waals surface area contributed by atoms with E-state index in [1.165, 1.54) is 4.90 Å². The molecule has 0 radical (unpaired) electrons. The molecular weight excluding hydrogens is 323 g/mol. The summed E-state index contributed by atoms with van der Waals surface area (Å²) in [6, 6.07) is 3.71. The van der Waals surface area contributed by atoms with Gasteiger partial charge in [-0.05, 0) is 33.8 Å². The van der Waals surface area contributed by atoms with Crippen LogP contribution in [0.5, 0.6) is 5.88 Å². The first-order valence-corrected chi connectivity index (χ1v) is 8.64. The van der Waals surface area contributed by atoms with Crippen molar-refractivity contribution in [3.05, 3.63) is 18.3 Å². The summed E-state index contributed by atoms with van der Waals surface area (Å²) in [7, 11) is -0.439. The number of hydrogen-bond acceptors (Lipinski definition) is 5. The average molecular weight is 348 g/mol. The topological polar surface area (TPSA) is 81.1 Å². The molecule has 0 saturated carbocycles. The zero-order valence-corrected chi connectivity index (χ0v) is 15.2. The smallest absolute Gasteiger partial charge is 0.474 e. The Bertz CT molecular complexity index is 610. The molecule has 3 rings (SSSR count). The lowest BCUT2D eigenvalue weighted by Crippen LogP contribution is -2.41. The van der Waals surface area contributed by atoms with Crippen molar-refractivity contribution in [2.24, 2.45) is 0 Å². The summed E-state index contributed by atoms with van der Waals surface area (Å²) in [6.45, 7) is 9.05. The van der Waals surface area contributed by atoms with Crippen LogP contribution >= 0.6 is 0 Å². The van der Waals surface area contributed by atoms with Crippen LogP contribution in [0.3, 0.4) is 0 Å². The van der Waals surface area contributed by atoms with E-state index in [1.807, 2.05) is 39.8 Å². The maximum absolute atomic E-state index is 10.9. The standard InChI is InChI=1S/C17H25BN2O5/c1-16(2)17(3,4)25-18(24-16)12-5-6-14(19-11-12)23-13-7-9-20(10-8-13)15(21)22/h5-6,11,13H,7-10H2,1-4H3,(H,21,22). The van der Waals surface area contributed by atoms with Crippen molar-refractivity contribution in [1.82, 2.24) is 9.88 Å². The molecule has 0 aliphatic carbocycles. The normalized spacial score (nSPS) is 22.9. The number of aromatic nitrogens is 1. The number of likely N-dealkylation sites (tertiary alicyclic amines) is 1. The number of pyridine rings is 1. The van der Waals surface area contributed by atoms with Gasteiger partial charge in [-0.25, -0.2) is 9.78 Å². The number of carbonyl (C=O) groups is 1. The molecular formula is C17H25BN2O5. The van der Waals surface area contributed by atoms with E-state index in [1.54, 1.807) is 6.20 Å². The fourth-order valence-corrected chi connectivity index (χ4v) is 2.92. The number of carboxylic acid groups (broad SMARTS) is 1. The minimum Gasteiger partial charge on any atom is -0.474 e. The predicted molar refractivity (Wildman–Crippen MR) is 93.2 cm³/mol. The van der Waals surface area contributed by atoms with Crippen LogP contribution in [0.1, 0.15) is 40.5 Å². The van der Waals surface area contributed by atoms with Crippen LogP contribution in [0.2, 0.25) is 0 Å². The molecule has 1 aromatic rings. The van der Waals surface area contributed by atoms with Crippen LogP contribution in [0, 0.1) is 0 Å². The fourth-order valence-electron chi connectivity index (χ4n) is 2.92. The van der Waals surface area contributed by atoms with Crippen LogP contribution < -0.4 is 10.2 Å². The van der Waals surface area contributed by atoms with Crippen molar-refractivity contribution in [1.29, 1.82) is 0 Å². The van der Waals surface area contributed by atoms with E-state index in [-0.39, 0.29) is 17.3 Å². The number of amides is 1. The predicted octanol–water partition coefficient (Wildman–Crippen LogP) is 1.90. The highest BCUT2D eigenvalue weighted by atomic mass is 16.7. The third kappa shape index (κ3) is 3.74. The van der Waals surface area contributed by atoms with Crippen LogP contribution in [0.4, 0.5) is 4.79 Å². The Labute approximate surface area is 148 Å². The molecule has 2 fully saturated rings. The van der Waals surface area contributed by atoms with Gasteiger partial charge in [0.1, 0.15) is 6.10 Å². The average Bonchev–Trinajstić information content (AvgIpc) is 2.76. The number of hydrogen-bond donors (Lipinski definition) is 1. The molecule has 2 aliphatic heterocycles. The number of nitrogens with zero attached hydrogens (tertiary/aromatic N) is 2. The highest BCUT2D eigenvalue weighted by Gasteiger charge is 2.51. The molecule has 0 unspecified atom stereocenters. The molecule has 2 aliphatic rings. The summed E-state index contributed by atoms with van der Waals surface area (Å²) in [4.78, 5) is 16.7. The van der Waals surface area contributed by atoms with Crippen molar-refractivity contribution in [3.8, 4) is 5.88 Å². The van der Waals surface area contributed by atoms with Gasteiger partial charge < -0.3 is 24.1 Å². The first-order valence-electron chi connectivity index (χ1n) is 8.64. The van der Waals surface area contributed by atoms with E-state index in [9.17, 15) is 4.79 Å². The third-order valence-corrected chi connectivity index (χ3v) is 5.28. The maximum Gasteiger partial charge on any atom is 0.496 e. The fraction of sp³-hybridized carbons (Fsp3) is 0.647. The molecule has 1 N–H and O–H groups in total. The maximum atomic E-state index is 10.9. The lowest BCUT2D eigenvalue weighted by molar-refractivity contribution is 0.00578. The zero-order chi connectivity index (χ0) is 18.2. The second-order valence-electron chi connectivity index (χ2n) is 7.60. The van der Waals surface area contributed by atoms with Gasteiger partial charge in [0.25, 0.3) is 0 Å². The van der Waals surface area contributed by atoms with Crippen molar-refractivity contribution >= 4 is 18.7 Å². The van der Waals surface area contributed by atoms with E-state index >= 15 is 0 Å². The monoisotopic (exact) mass is 348 g/mol. The highest BCUT2D eigenvalue weighted by Crippen LogP contribution is 2.36. The van der Waals surface area contributed by atoms with Gasteiger partial charge in [-0.2, -0.15) is 0 Å². The van der Waals surface area contributed by atoms with Crippen LogP contribution in [0.15, 0.2) is 18.3 Å². The SMILES string of the molecule is CC1(C)OB(c2ccc(OC3CCN(C(=O)O)CC3)nc2)OC1(C)C. The minimum absolute atomic E-state index is 0.00852. The Hall–Kier alpha value is -1.80. The van der Waals surface area contributed by atoms with Gasteiger partial charge in [-0.15, -0.1) is 0 Å². The van der Waals surface area contributed by atoms with Crippen molar-refractivity contribution < 1.29 is 23.9 Å². The quantitative estimate of drug-likeness (QED) is 0.841. The molecule has 0 atom stereocenters. The summed E-state index contributed by atoms with van der Waals surface area (Å²) in [5.74, 6) is 0.536. The molecule has 7 nitrogen and oxygen atoms in total. The van der Waals surface area contributed by atoms with Crippen LogP contribution in [-0.2, 0) is 9.31 Å². The number of rotatable bonds is 3. The number of piperidine rings is 1. The minimum atomic E-state index is -0.872. The van der Waals surface area contributed by atoms with Crippen molar-refractivity contribution in [2.75, 3.05) is 13.1 Å². The van der Waals surface area contributed by atoms with E-state index in [4.69, 9.17) is 19.2 Å². The van der Waals surface area contributed by atoms with Gasteiger partial charge in [0, 0.05) is 37.6 Å². The van der Waals surface area contributed by atoms with Gasteiger partial charge in [-0.3, -0.25) is 0 Å². The lowest BCUT2D eigenvalue weighted by atomic mass is 9.80. The summed E-state index contributed by atoms with van der Waals surface area (Å²) in [6.07, 6.45) is 2.18. The number of ether oxygens (including phenoxy) is 1. The molecule has 2 saturated heterocycles. The first-order chi connectivity index (χ1) is 11.7. The van der Waals surface area contributed by atoms with Gasteiger partial charge >= 0.3 is 13.2 Å². The van der Waals surface area contributed by atoms with E-state index in [0.29, 0.717) is 31.8 Å². The summed E-state index contributed by atoms with van der Waals surface area (Å²) < 4.78 is 17.9. The molecule has 25 heavy (non-hydrogen) atoms. The van der Waals surface area contributed by atoms with Gasteiger partial charge in [0.2, 0.25) is 5.88 Å². The highest BCUT2D eigenvalue weighted by molar-refractivity contribution is 6.62. The Morgan fingerprint density at radius 3 is 2.32 bits per heavy atom. The lowest BCUT2D eigenvalue weighted by Gasteiger charge is -2.32. The molecule has 0 spiro atoms. The largest absolute Gasteiger partial charge is 0.496 e. The molecule has 3 heterocycles. The molecule has 8 heteroatoms. The summed E-state index contributed by atoms with van der Waals surface area (Å²) >= 11 is 0. The van der Waals surface area contributed by atoms with Crippen LogP contribution in [-0.4, -0.2) is 58.6 Å². The van der Waals surface area contributed by atoms with Gasteiger partial charge in [-0.1, -0.05) is 6.07 Å². The molecule has 136 valence electrons. The van der Waals surface area contributed by atoms with Crippen molar-refractivity contribution in [2.45, 2.75) is 57.8 Å². The van der Waals surface area contributed by atoms with E-state index < -0.39 is 13.2 Å². The first kappa shape index (κ1) is 18.0. The third-order valence-electron chi connectivity index (χ3n) is 5.28. The molecule has 0 bridgehead atoms. The van der Waals surface area contributed by atoms with Crippen molar-refractivity contribution in [3.63, 3.8) is 0 Å². The summed E-state index contributed by atoms with van der Waals surface area (Å²) in [5, 5.41) is 8.97. The second kappa shape index (κ2) is 6.50. The Kier molecular flexibility index (Phi) is 4.68. The van der Waals surface area contributed by atoms with Gasteiger partial charge in [0.05, 0.1) is 11.2 Å². The van der Waals surface area contributed by atoms with Gasteiger partial charge in [0.15, 0.2) is 0 Å². The molecule has 1 aromatic heterocycles. The summed E-state index contributed by atoms with van der Waals surface area (Å²) in [5.41, 5.74) is 0.0855. The Morgan fingerprint density at radius 2 is 1.84 bits per heavy atom.